The van der Waals surface area contributed by atoms with Gasteiger partial charge in [0, 0.05) is 18.2 Å². The van der Waals surface area contributed by atoms with E-state index in [1.807, 2.05) is 18.2 Å². The van der Waals surface area contributed by atoms with E-state index in [2.05, 4.69) is 22.8 Å². The van der Waals surface area contributed by atoms with Gasteiger partial charge in [0.15, 0.2) is 0 Å². The molecule has 5 nitrogen and oxygen atoms in total. The lowest BCUT2D eigenvalue weighted by Gasteiger charge is -2.22. The largest absolute Gasteiger partial charge is 0.350 e. The molecule has 0 aliphatic heterocycles. The fraction of sp³-hybridized carbons (Fsp3) is 0.545. The Morgan fingerprint density at radius 2 is 2.00 bits per heavy atom. The van der Waals surface area contributed by atoms with Crippen molar-refractivity contribution in [2.75, 3.05) is 0 Å². The summed E-state index contributed by atoms with van der Waals surface area (Å²) < 4.78 is 0. The van der Waals surface area contributed by atoms with Gasteiger partial charge in [-0.15, -0.1) is 0 Å². The minimum atomic E-state index is -0.569. The maximum atomic E-state index is 12.3. The van der Waals surface area contributed by atoms with E-state index in [1.165, 1.54) is 24.8 Å². The van der Waals surface area contributed by atoms with E-state index in [9.17, 15) is 9.59 Å². The summed E-state index contributed by atoms with van der Waals surface area (Å²) in [5.74, 6) is 1.19. The molecule has 2 fully saturated rings. The van der Waals surface area contributed by atoms with Crippen LogP contribution in [0.1, 0.15) is 44.6 Å². The number of fused-ring (bicyclic) bond motifs is 2. The number of aryl methyl sites for hydroxylation is 1. The van der Waals surface area contributed by atoms with E-state index in [0.29, 0.717) is 12.0 Å². The number of amides is 2. The lowest BCUT2D eigenvalue weighted by atomic mass is 9.95. The Hall–Kier alpha value is -2.14. The molecule has 1 aromatic rings. The third kappa shape index (κ3) is 5.67. The standard InChI is InChI=1S/C22H31N3O2/c1-15(23)22(27)24-19(10-8-16-5-3-2-4-6-16)11-12-21(26)25-20-14-17-7-9-18(20)13-17/h2-6,11-12,15,17-20H,7-10,13-14,23H2,1H3,(H,24,27)(H,25,26)/t15-,17+,18-,19-,20?/m0/s1. The number of nitrogens with one attached hydrogen (secondary N) is 2. The number of rotatable bonds is 8. The summed E-state index contributed by atoms with van der Waals surface area (Å²) in [5, 5.41) is 6.08. The Kier molecular flexibility index (Phi) is 6.67. The van der Waals surface area contributed by atoms with Gasteiger partial charge in [0.25, 0.3) is 0 Å². The molecule has 2 amide bonds. The molecule has 0 radical (unpaired) electrons. The summed E-state index contributed by atoms with van der Waals surface area (Å²) in [6, 6.07) is 9.66. The lowest BCUT2D eigenvalue weighted by Crippen LogP contribution is -2.43. The second-order valence-electron chi connectivity index (χ2n) is 8.08. The van der Waals surface area contributed by atoms with Crippen molar-refractivity contribution in [3.8, 4) is 0 Å². The van der Waals surface area contributed by atoms with E-state index < -0.39 is 6.04 Å². The van der Waals surface area contributed by atoms with Crippen molar-refractivity contribution in [2.24, 2.45) is 17.6 Å². The minimum Gasteiger partial charge on any atom is -0.350 e. The Balaban J connectivity index is 1.54. The monoisotopic (exact) mass is 369 g/mol. The SMILES string of the molecule is C[C@H](N)C(=O)N[C@H](C=CC(=O)NC1C[C@@H]2CC[C@H]1C2)CCc1ccccc1. The third-order valence-electron chi connectivity index (χ3n) is 5.87. The summed E-state index contributed by atoms with van der Waals surface area (Å²) in [5.41, 5.74) is 6.88. The van der Waals surface area contributed by atoms with Crippen molar-refractivity contribution < 1.29 is 9.59 Å². The van der Waals surface area contributed by atoms with Crippen LogP contribution in [0.4, 0.5) is 0 Å². The van der Waals surface area contributed by atoms with Gasteiger partial charge in [-0.1, -0.05) is 42.8 Å². The smallest absolute Gasteiger partial charge is 0.243 e. The van der Waals surface area contributed by atoms with Gasteiger partial charge >= 0.3 is 0 Å². The van der Waals surface area contributed by atoms with E-state index in [4.69, 9.17) is 5.73 Å². The van der Waals surface area contributed by atoms with Crippen molar-refractivity contribution in [3.63, 3.8) is 0 Å². The molecule has 2 aliphatic carbocycles. The van der Waals surface area contributed by atoms with Crippen LogP contribution in [0.25, 0.3) is 0 Å². The first-order valence-electron chi connectivity index (χ1n) is 10.1. The van der Waals surface area contributed by atoms with Crippen molar-refractivity contribution in [3.05, 3.63) is 48.0 Å². The van der Waals surface area contributed by atoms with Gasteiger partial charge in [-0.2, -0.15) is 0 Å². The Bertz CT molecular complexity index is 671. The van der Waals surface area contributed by atoms with Crippen LogP contribution in [0.2, 0.25) is 0 Å². The first kappa shape index (κ1) is 19.6. The van der Waals surface area contributed by atoms with E-state index in [0.717, 1.165) is 25.2 Å². The van der Waals surface area contributed by atoms with Gasteiger partial charge in [0.1, 0.15) is 0 Å². The molecule has 0 spiro atoms. The zero-order valence-corrected chi connectivity index (χ0v) is 16.1. The fourth-order valence-electron chi connectivity index (χ4n) is 4.35. The molecule has 27 heavy (non-hydrogen) atoms. The fourth-order valence-corrected chi connectivity index (χ4v) is 4.35. The zero-order valence-electron chi connectivity index (χ0n) is 16.1. The van der Waals surface area contributed by atoms with Gasteiger partial charge in [0.2, 0.25) is 11.8 Å². The molecule has 5 atom stereocenters. The summed E-state index contributed by atoms with van der Waals surface area (Å²) in [4.78, 5) is 24.3. The zero-order chi connectivity index (χ0) is 19.2. The first-order chi connectivity index (χ1) is 13.0. The molecule has 2 aliphatic rings. The molecule has 3 rings (SSSR count). The predicted octanol–water partition coefficient (Wildman–Crippen LogP) is 2.31. The van der Waals surface area contributed by atoms with Crippen LogP contribution in [-0.4, -0.2) is 29.9 Å². The van der Waals surface area contributed by atoms with Crippen LogP contribution in [-0.2, 0) is 16.0 Å². The van der Waals surface area contributed by atoms with Gasteiger partial charge < -0.3 is 16.4 Å². The highest BCUT2D eigenvalue weighted by atomic mass is 16.2. The predicted molar refractivity (Wildman–Crippen MR) is 107 cm³/mol. The summed E-state index contributed by atoms with van der Waals surface area (Å²) in [7, 11) is 0. The maximum absolute atomic E-state index is 12.3. The Labute approximate surface area is 161 Å². The molecule has 5 heteroatoms. The lowest BCUT2D eigenvalue weighted by molar-refractivity contribution is -0.122. The molecule has 146 valence electrons. The molecule has 1 unspecified atom stereocenters. The van der Waals surface area contributed by atoms with Gasteiger partial charge in [-0.3, -0.25) is 9.59 Å². The molecule has 0 saturated heterocycles. The number of nitrogens with two attached hydrogens (primary N) is 1. The summed E-state index contributed by atoms with van der Waals surface area (Å²) in [6.45, 7) is 1.66. The van der Waals surface area contributed by atoms with Crippen molar-refractivity contribution in [1.29, 1.82) is 0 Å². The van der Waals surface area contributed by atoms with Crippen LogP contribution in [0, 0.1) is 11.8 Å². The average Bonchev–Trinajstić information content (AvgIpc) is 3.27. The third-order valence-corrected chi connectivity index (χ3v) is 5.87. The second-order valence-corrected chi connectivity index (χ2v) is 8.08. The highest BCUT2D eigenvalue weighted by molar-refractivity contribution is 5.88. The van der Waals surface area contributed by atoms with Crippen molar-refractivity contribution >= 4 is 11.8 Å². The molecule has 1 aromatic carbocycles. The van der Waals surface area contributed by atoms with Crippen LogP contribution >= 0.6 is 0 Å². The van der Waals surface area contributed by atoms with Gasteiger partial charge in [-0.05, 0) is 56.4 Å². The van der Waals surface area contributed by atoms with Crippen molar-refractivity contribution in [2.45, 2.75) is 63.6 Å². The van der Waals surface area contributed by atoms with E-state index in [-0.39, 0.29) is 17.9 Å². The van der Waals surface area contributed by atoms with E-state index >= 15 is 0 Å². The molecule has 2 saturated carbocycles. The van der Waals surface area contributed by atoms with Gasteiger partial charge in [-0.25, -0.2) is 0 Å². The molecular weight excluding hydrogens is 338 g/mol. The molecule has 0 aromatic heterocycles. The number of hydrogen-bond acceptors (Lipinski definition) is 3. The number of carbonyl (C=O) groups is 2. The topological polar surface area (TPSA) is 84.2 Å². The Morgan fingerprint density at radius 1 is 1.22 bits per heavy atom. The summed E-state index contributed by atoms with van der Waals surface area (Å²) >= 11 is 0. The normalized spacial score (nSPS) is 26.1. The number of hydrogen-bond donors (Lipinski definition) is 3. The quantitative estimate of drug-likeness (QED) is 0.615. The van der Waals surface area contributed by atoms with Gasteiger partial charge in [0.05, 0.1) is 6.04 Å². The molecular formula is C22H31N3O2. The molecule has 4 N–H and O–H groups in total. The molecule has 2 bridgehead atoms. The van der Waals surface area contributed by atoms with E-state index in [1.54, 1.807) is 19.1 Å². The highest BCUT2D eigenvalue weighted by Crippen LogP contribution is 2.44. The van der Waals surface area contributed by atoms with Crippen LogP contribution in [0.5, 0.6) is 0 Å². The maximum Gasteiger partial charge on any atom is 0.243 e. The average molecular weight is 370 g/mol. The summed E-state index contributed by atoms with van der Waals surface area (Å²) in [6.07, 6.45) is 9.85. The molecule has 0 heterocycles. The number of carbonyl (C=O) groups excluding carboxylic acids is 2. The number of benzene rings is 1. The highest BCUT2D eigenvalue weighted by Gasteiger charge is 2.39. The minimum absolute atomic E-state index is 0.0627. The Morgan fingerprint density at radius 3 is 2.63 bits per heavy atom. The second kappa shape index (κ2) is 9.18. The van der Waals surface area contributed by atoms with Crippen LogP contribution < -0.4 is 16.4 Å². The first-order valence-corrected chi connectivity index (χ1v) is 10.1. The van der Waals surface area contributed by atoms with Crippen molar-refractivity contribution in [1.82, 2.24) is 10.6 Å². The van der Waals surface area contributed by atoms with Crippen LogP contribution in [0.15, 0.2) is 42.5 Å². The van der Waals surface area contributed by atoms with Crippen LogP contribution in [0.3, 0.4) is 0 Å².